The van der Waals surface area contributed by atoms with E-state index < -0.39 is 10.1 Å². The van der Waals surface area contributed by atoms with Crippen LogP contribution in [0.3, 0.4) is 0 Å². The molecule has 0 amide bonds. The summed E-state index contributed by atoms with van der Waals surface area (Å²) in [6, 6.07) is 11.8. The first kappa shape index (κ1) is 32.3. The SMILES string of the molecule is CCCCCCCCC[CH2][Zn][CH2]CCCCCCCCC.O=S(=O)(O)c1cccc2ccccc12. The van der Waals surface area contributed by atoms with E-state index in [1.165, 1.54) is 96.0 Å². The van der Waals surface area contributed by atoms with Gasteiger partial charge >= 0.3 is 144 Å². The van der Waals surface area contributed by atoms with Gasteiger partial charge in [0.1, 0.15) is 4.90 Å². The van der Waals surface area contributed by atoms with Crippen LogP contribution in [0.15, 0.2) is 47.4 Å². The molecule has 2 rings (SSSR count). The van der Waals surface area contributed by atoms with Gasteiger partial charge in [-0.3, -0.25) is 4.55 Å². The van der Waals surface area contributed by atoms with Crippen molar-refractivity contribution in [2.45, 2.75) is 132 Å². The molecule has 35 heavy (non-hydrogen) atoms. The van der Waals surface area contributed by atoms with Gasteiger partial charge in [0.2, 0.25) is 0 Å². The standard InChI is InChI=1S/C10H8O3S.2C10H21.Zn/c11-14(12,13)10-7-3-5-8-4-1-2-6-9(8)10;2*1-3-5-7-9-10-8-6-4-2;/h1-7H,(H,11,12,13);2*1,3-10H2,2H3;. The van der Waals surface area contributed by atoms with Crippen LogP contribution in [0.2, 0.25) is 10.0 Å². The van der Waals surface area contributed by atoms with E-state index >= 15 is 0 Å². The van der Waals surface area contributed by atoms with Crippen LogP contribution in [-0.4, -0.2) is 13.0 Å². The molecule has 0 unspecified atom stereocenters. The van der Waals surface area contributed by atoms with Crippen LogP contribution in [0.25, 0.3) is 10.8 Å². The van der Waals surface area contributed by atoms with Crippen molar-refractivity contribution < 1.29 is 30.1 Å². The Balaban J connectivity index is 0.000000375. The first-order chi connectivity index (χ1) is 17.0. The number of hydrogen-bond acceptors (Lipinski definition) is 2. The van der Waals surface area contributed by atoms with E-state index in [0.29, 0.717) is 5.39 Å². The van der Waals surface area contributed by atoms with Gasteiger partial charge in [-0.15, -0.1) is 0 Å². The Kier molecular flexibility index (Phi) is 19.7. The van der Waals surface area contributed by atoms with Gasteiger partial charge in [-0.1, -0.05) is 36.4 Å². The van der Waals surface area contributed by atoms with Crippen molar-refractivity contribution in [3.05, 3.63) is 42.5 Å². The molecule has 0 aliphatic heterocycles. The summed E-state index contributed by atoms with van der Waals surface area (Å²) in [6.07, 6.45) is 23.9. The minimum absolute atomic E-state index is 0.0457. The number of hydrogen-bond donors (Lipinski definition) is 1. The molecule has 0 radical (unpaired) electrons. The molecule has 0 spiro atoms. The van der Waals surface area contributed by atoms with Crippen LogP contribution in [0.4, 0.5) is 0 Å². The second-order valence-corrected chi connectivity index (χ2v) is 15.8. The smallest absolute Gasteiger partial charge is 0.282 e. The van der Waals surface area contributed by atoms with E-state index in [4.69, 9.17) is 4.55 Å². The topological polar surface area (TPSA) is 54.4 Å². The Morgan fingerprint density at radius 1 is 0.600 bits per heavy atom. The molecule has 196 valence electrons. The van der Waals surface area contributed by atoms with Crippen LogP contribution < -0.4 is 0 Å². The fourth-order valence-electron chi connectivity index (χ4n) is 4.57. The molecule has 5 heteroatoms. The largest absolute Gasteiger partial charge is 0.295 e. The predicted molar refractivity (Wildman–Crippen MR) is 149 cm³/mol. The average Bonchev–Trinajstić information content (AvgIpc) is 2.85. The molecular formula is C30H50O3SZn. The minimum atomic E-state index is -4.13. The van der Waals surface area contributed by atoms with Gasteiger partial charge in [-0.25, -0.2) is 0 Å². The van der Waals surface area contributed by atoms with Crippen LogP contribution in [0.5, 0.6) is 0 Å². The monoisotopic (exact) mass is 554 g/mol. The average molecular weight is 556 g/mol. The molecule has 0 bridgehead atoms. The number of fused-ring (bicyclic) bond motifs is 1. The van der Waals surface area contributed by atoms with Crippen molar-refractivity contribution in [1.82, 2.24) is 0 Å². The van der Waals surface area contributed by atoms with Gasteiger partial charge < -0.3 is 0 Å². The van der Waals surface area contributed by atoms with Gasteiger partial charge in [0.05, 0.1) is 0 Å². The third-order valence-corrected chi connectivity index (χ3v) is 11.8. The van der Waals surface area contributed by atoms with Crippen molar-refractivity contribution in [2.24, 2.45) is 0 Å². The first-order valence-electron chi connectivity index (χ1n) is 14.5. The van der Waals surface area contributed by atoms with Gasteiger partial charge in [0.25, 0.3) is 10.1 Å². The maximum absolute atomic E-state index is 11.0. The molecule has 0 saturated carbocycles. The fourth-order valence-corrected chi connectivity index (χ4v) is 9.00. The normalized spacial score (nSPS) is 11.2. The van der Waals surface area contributed by atoms with Crippen molar-refractivity contribution in [3.63, 3.8) is 0 Å². The Labute approximate surface area is 224 Å². The van der Waals surface area contributed by atoms with Crippen LogP contribution in [0.1, 0.15) is 117 Å². The molecule has 3 nitrogen and oxygen atoms in total. The van der Waals surface area contributed by atoms with Crippen molar-refractivity contribution >= 4 is 20.9 Å². The van der Waals surface area contributed by atoms with Crippen LogP contribution in [0, 0.1) is 0 Å². The molecular weight excluding hydrogens is 506 g/mol. The van der Waals surface area contributed by atoms with Crippen LogP contribution >= 0.6 is 0 Å². The van der Waals surface area contributed by atoms with Gasteiger partial charge in [0, 0.05) is 5.39 Å². The molecule has 0 aliphatic rings. The number of rotatable bonds is 19. The molecule has 0 aromatic heterocycles. The zero-order valence-corrected chi connectivity index (χ0v) is 26.4. The summed E-state index contributed by atoms with van der Waals surface area (Å²) in [7, 11) is -4.13. The van der Waals surface area contributed by atoms with Gasteiger partial charge in [0.15, 0.2) is 0 Å². The molecule has 2 aromatic rings. The molecule has 0 saturated heterocycles. The van der Waals surface area contributed by atoms with Crippen molar-refractivity contribution in [3.8, 4) is 0 Å². The third kappa shape index (κ3) is 16.6. The Hall–Kier alpha value is -0.767. The van der Waals surface area contributed by atoms with Gasteiger partial charge in [-0.2, -0.15) is 8.42 Å². The summed E-state index contributed by atoms with van der Waals surface area (Å²) in [4.78, 5) is -0.0457. The maximum atomic E-state index is 11.0. The van der Waals surface area contributed by atoms with E-state index in [0.717, 1.165) is 5.39 Å². The summed E-state index contributed by atoms with van der Waals surface area (Å²) in [5, 5.41) is 4.69. The fraction of sp³-hybridized carbons (Fsp3) is 0.667. The van der Waals surface area contributed by atoms with E-state index in [-0.39, 0.29) is 22.0 Å². The van der Waals surface area contributed by atoms with E-state index in [2.05, 4.69) is 13.8 Å². The van der Waals surface area contributed by atoms with E-state index in [1.807, 2.05) is 6.07 Å². The minimum Gasteiger partial charge on any atom is -0.282 e. The summed E-state index contributed by atoms with van der Waals surface area (Å²) >= 11 is -0.0953. The molecule has 2 aromatic carbocycles. The first-order valence-corrected chi connectivity index (χ1v) is 20.1. The molecule has 1 N–H and O–H groups in total. The number of benzene rings is 2. The summed E-state index contributed by atoms with van der Waals surface area (Å²) in [5.74, 6) is 0. The second kappa shape index (κ2) is 21.3. The molecule has 0 aliphatic carbocycles. The quantitative estimate of drug-likeness (QED) is 0.106. The Bertz CT molecular complexity index is 844. The zero-order chi connectivity index (χ0) is 25.6. The second-order valence-electron chi connectivity index (χ2n) is 9.96. The summed E-state index contributed by atoms with van der Waals surface area (Å²) in [6.45, 7) is 4.61. The van der Waals surface area contributed by atoms with E-state index in [9.17, 15) is 8.42 Å². The predicted octanol–water partition coefficient (Wildman–Crippen LogP) is 10.3. The third-order valence-electron chi connectivity index (χ3n) is 6.73. The van der Waals surface area contributed by atoms with Crippen LogP contribution in [-0.2, 0) is 27.2 Å². The Morgan fingerprint density at radius 2 is 1.03 bits per heavy atom. The zero-order valence-electron chi connectivity index (χ0n) is 22.6. The Morgan fingerprint density at radius 3 is 1.51 bits per heavy atom. The number of unbranched alkanes of at least 4 members (excludes halogenated alkanes) is 14. The maximum Gasteiger partial charge on any atom is 0.295 e. The van der Waals surface area contributed by atoms with Crippen molar-refractivity contribution in [2.75, 3.05) is 0 Å². The molecule has 0 fully saturated rings. The van der Waals surface area contributed by atoms with Gasteiger partial charge in [-0.05, 0) is 11.5 Å². The summed E-state index contributed by atoms with van der Waals surface area (Å²) in [5.41, 5.74) is 0. The molecule has 0 atom stereocenters. The van der Waals surface area contributed by atoms with Crippen molar-refractivity contribution in [1.29, 1.82) is 0 Å². The molecule has 0 heterocycles. The summed E-state index contributed by atoms with van der Waals surface area (Å²) < 4.78 is 31.0. The van der Waals surface area contributed by atoms with E-state index in [1.54, 1.807) is 53.2 Å².